The van der Waals surface area contributed by atoms with E-state index in [2.05, 4.69) is 10.3 Å². The number of nitrogens with one attached hydrogen (secondary N) is 1. The van der Waals surface area contributed by atoms with Gasteiger partial charge in [-0.2, -0.15) is 13.2 Å². The molecule has 1 aliphatic rings. The van der Waals surface area contributed by atoms with Crippen molar-refractivity contribution in [2.24, 2.45) is 5.92 Å². The molecule has 1 aliphatic heterocycles. The lowest BCUT2D eigenvalue weighted by atomic mass is 9.96. The summed E-state index contributed by atoms with van der Waals surface area (Å²) in [4.78, 5) is 18.5. The molecular formula is C26H31F3N4O3. The zero-order valence-electron chi connectivity index (χ0n) is 20.5. The molecule has 3 aromatic rings. The van der Waals surface area contributed by atoms with Gasteiger partial charge in [0, 0.05) is 18.3 Å². The molecule has 0 bridgehead atoms. The predicted molar refractivity (Wildman–Crippen MR) is 131 cm³/mol. The second-order valence-electron chi connectivity index (χ2n) is 8.83. The van der Waals surface area contributed by atoms with Gasteiger partial charge in [-0.25, -0.2) is 4.98 Å². The van der Waals surface area contributed by atoms with E-state index in [1.807, 2.05) is 18.7 Å². The Morgan fingerprint density at radius 1 is 1.06 bits per heavy atom. The molecule has 0 aliphatic carbocycles. The third-order valence-corrected chi connectivity index (χ3v) is 6.25. The Kier molecular flexibility index (Phi) is 8.03. The van der Waals surface area contributed by atoms with E-state index in [9.17, 15) is 18.0 Å². The molecule has 1 aromatic heterocycles. The summed E-state index contributed by atoms with van der Waals surface area (Å²) in [5, 5.41) is 2.90. The number of amides is 1. The second-order valence-corrected chi connectivity index (χ2v) is 8.83. The van der Waals surface area contributed by atoms with Crippen LogP contribution < -0.4 is 14.8 Å². The number of imidazole rings is 1. The molecule has 2 heterocycles. The summed E-state index contributed by atoms with van der Waals surface area (Å²) in [6, 6.07) is 12.0. The largest absolute Gasteiger partial charge is 0.490 e. The lowest BCUT2D eigenvalue weighted by Gasteiger charge is -2.32. The van der Waals surface area contributed by atoms with Gasteiger partial charge in [0.2, 0.25) is 11.7 Å². The van der Waals surface area contributed by atoms with E-state index >= 15 is 0 Å². The number of benzene rings is 2. The number of anilines is 1. The van der Waals surface area contributed by atoms with Crippen molar-refractivity contribution in [1.29, 1.82) is 0 Å². The monoisotopic (exact) mass is 504 g/mol. The first kappa shape index (κ1) is 25.8. The summed E-state index contributed by atoms with van der Waals surface area (Å²) in [6.07, 6.45) is -3.11. The van der Waals surface area contributed by atoms with E-state index < -0.39 is 12.0 Å². The van der Waals surface area contributed by atoms with Gasteiger partial charge < -0.3 is 19.4 Å². The molecule has 36 heavy (non-hydrogen) atoms. The van der Waals surface area contributed by atoms with Gasteiger partial charge in [0.25, 0.3) is 0 Å². The highest BCUT2D eigenvalue weighted by atomic mass is 19.4. The van der Waals surface area contributed by atoms with Gasteiger partial charge in [-0.15, -0.1) is 0 Å². The van der Waals surface area contributed by atoms with Gasteiger partial charge in [-0.3, -0.25) is 9.69 Å². The van der Waals surface area contributed by atoms with Crippen molar-refractivity contribution in [1.82, 2.24) is 14.5 Å². The Hall–Kier alpha value is -3.27. The van der Waals surface area contributed by atoms with Crippen molar-refractivity contribution in [3.05, 3.63) is 48.3 Å². The standard InChI is InChI=1S/C26H31F3N4O3/c1-3-35-22-10-9-19(15-23(22)36-4-2)30-24(34)17-32-13-11-18(12-14-32)16-33-21-8-6-5-7-20(21)31-25(33)26(27,28)29/h5-10,15,18H,3-4,11-14,16-17H2,1-2H3,(H,30,34). The van der Waals surface area contributed by atoms with Crippen LogP contribution in [0.25, 0.3) is 11.0 Å². The molecule has 0 unspecified atom stereocenters. The predicted octanol–water partition coefficient (Wildman–Crippen LogP) is 5.20. The van der Waals surface area contributed by atoms with Crippen LogP contribution >= 0.6 is 0 Å². The number of rotatable bonds is 9. The van der Waals surface area contributed by atoms with Crippen molar-refractivity contribution in [2.45, 2.75) is 39.4 Å². The molecule has 2 aromatic carbocycles. The van der Waals surface area contributed by atoms with Crippen LogP contribution in [0, 0.1) is 5.92 Å². The minimum Gasteiger partial charge on any atom is -0.490 e. The molecule has 10 heteroatoms. The van der Waals surface area contributed by atoms with Crippen LogP contribution in [0.4, 0.5) is 18.9 Å². The molecule has 1 saturated heterocycles. The number of hydrogen-bond acceptors (Lipinski definition) is 5. The van der Waals surface area contributed by atoms with E-state index in [1.54, 1.807) is 42.5 Å². The van der Waals surface area contributed by atoms with Crippen LogP contribution in [0.5, 0.6) is 11.5 Å². The van der Waals surface area contributed by atoms with E-state index in [0.717, 1.165) is 0 Å². The Bertz CT molecular complexity index is 1190. The Morgan fingerprint density at radius 3 is 2.44 bits per heavy atom. The third kappa shape index (κ3) is 6.10. The topological polar surface area (TPSA) is 68.6 Å². The Balaban J connectivity index is 1.33. The average molecular weight is 505 g/mol. The number of ether oxygens (including phenoxy) is 2. The number of carbonyl (C=O) groups is 1. The van der Waals surface area contributed by atoms with Crippen LogP contribution in [-0.2, 0) is 17.5 Å². The van der Waals surface area contributed by atoms with Crippen LogP contribution in [0.1, 0.15) is 32.5 Å². The molecule has 7 nitrogen and oxygen atoms in total. The number of alkyl halides is 3. The highest BCUT2D eigenvalue weighted by Crippen LogP contribution is 2.33. The first-order valence-corrected chi connectivity index (χ1v) is 12.2. The van der Waals surface area contributed by atoms with Crippen LogP contribution in [0.15, 0.2) is 42.5 Å². The van der Waals surface area contributed by atoms with Crippen LogP contribution in [0.2, 0.25) is 0 Å². The molecular weight excluding hydrogens is 473 g/mol. The second kappa shape index (κ2) is 11.2. The number of nitrogens with zero attached hydrogens (tertiary/aromatic N) is 3. The van der Waals surface area contributed by atoms with Crippen LogP contribution in [0.3, 0.4) is 0 Å². The average Bonchev–Trinajstić information content (AvgIpc) is 3.21. The van der Waals surface area contributed by atoms with Crippen LogP contribution in [-0.4, -0.2) is 53.2 Å². The van der Waals surface area contributed by atoms with Gasteiger partial charge in [-0.1, -0.05) is 12.1 Å². The molecule has 0 saturated carbocycles. The number of para-hydroxylation sites is 2. The molecule has 1 fully saturated rings. The van der Waals surface area contributed by atoms with Crippen molar-refractivity contribution < 1.29 is 27.4 Å². The first-order chi connectivity index (χ1) is 17.3. The number of fused-ring (bicyclic) bond motifs is 1. The summed E-state index contributed by atoms with van der Waals surface area (Å²) in [5.74, 6) is 0.261. The zero-order chi connectivity index (χ0) is 25.7. The van der Waals surface area contributed by atoms with Crippen molar-refractivity contribution in [3.63, 3.8) is 0 Å². The van der Waals surface area contributed by atoms with Gasteiger partial charge in [-0.05, 0) is 70.0 Å². The molecule has 1 amide bonds. The number of carbonyl (C=O) groups excluding carboxylic acids is 1. The van der Waals surface area contributed by atoms with Gasteiger partial charge in [0.15, 0.2) is 11.5 Å². The van der Waals surface area contributed by atoms with Gasteiger partial charge in [0.05, 0.1) is 30.8 Å². The number of piperidine rings is 1. The minimum atomic E-state index is -4.51. The van der Waals surface area contributed by atoms with Gasteiger partial charge in [0.1, 0.15) is 0 Å². The molecule has 194 valence electrons. The van der Waals surface area contributed by atoms with Crippen molar-refractivity contribution in [3.8, 4) is 11.5 Å². The summed E-state index contributed by atoms with van der Waals surface area (Å²) in [6.45, 7) is 6.50. The molecule has 0 atom stereocenters. The maximum atomic E-state index is 13.6. The molecule has 4 rings (SSSR count). The normalized spacial score (nSPS) is 15.2. The fourth-order valence-corrected chi connectivity index (χ4v) is 4.59. The number of likely N-dealkylation sites (tertiary alicyclic amines) is 1. The van der Waals surface area contributed by atoms with Crippen molar-refractivity contribution in [2.75, 3.05) is 38.2 Å². The van der Waals surface area contributed by atoms with E-state index in [4.69, 9.17) is 9.47 Å². The quantitative estimate of drug-likeness (QED) is 0.434. The lowest BCUT2D eigenvalue weighted by molar-refractivity contribution is -0.147. The Morgan fingerprint density at radius 2 is 1.75 bits per heavy atom. The molecule has 0 radical (unpaired) electrons. The lowest BCUT2D eigenvalue weighted by Crippen LogP contribution is -2.40. The number of hydrogen-bond donors (Lipinski definition) is 1. The summed E-state index contributed by atoms with van der Waals surface area (Å²) in [7, 11) is 0. The third-order valence-electron chi connectivity index (χ3n) is 6.25. The smallest absolute Gasteiger partial charge is 0.449 e. The highest BCUT2D eigenvalue weighted by molar-refractivity contribution is 5.92. The maximum absolute atomic E-state index is 13.6. The Labute approximate surface area is 208 Å². The SMILES string of the molecule is CCOc1ccc(NC(=O)CN2CCC(Cn3c(C(F)(F)F)nc4ccccc43)CC2)cc1OCC. The highest BCUT2D eigenvalue weighted by Gasteiger charge is 2.38. The van der Waals surface area contributed by atoms with Gasteiger partial charge >= 0.3 is 6.18 Å². The summed E-state index contributed by atoms with van der Waals surface area (Å²) >= 11 is 0. The summed E-state index contributed by atoms with van der Waals surface area (Å²) in [5.41, 5.74) is 1.46. The van der Waals surface area contributed by atoms with Crippen molar-refractivity contribution >= 4 is 22.6 Å². The van der Waals surface area contributed by atoms with E-state index in [1.165, 1.54) is 4.57 Å². The fraction of sp³-hybridized carbons (Fsp3) is 0.462. The number of halogens is 3. The maximum Gasteiger partial charge on any atom is 0.449 e. The molecule has 1 N–H and O–H groups in total. The number of aromatic nitrogens is 2. The first-order valence-electron chi connectivity index (χ1n) is 12.2. The van der Waals surface area contributed by atoms with E-state index in [-0.39, 0.29) is 24.9 Å². The minimum absolute atomic E-state index is 0.0721. The van der Waals surface area contributed by atoms with E-state index in [0.29, 0.717) is 67.4 Å². The zero-order valence-corrected chi connectivity index (χ0v) is 20.5. The molecule has 0 spiro atoms. The summed E-state index contributed by atoms with van der Waals surface area (Å²) < 4.78 is 53.3. The fourth-order valence-electron chi connectivity index (χ4n) is 4.59.